The van der Waals surface area contributed by atoms with Gasteiger partial charge in [0.2, 0.25) is 23.0 Å². The molecule has 0 saturated carbocycles. The zero-order valence-corrected chi connectivity index (χ0v) is 21.0. The molecule has 0 fully saturated rings. The van der Waals surface area contributed by atoms with Gasteiger partial charge in [-0.2, -0.15) is 0 Å². The molecule has 0 aliphatic carbocycles. The van der Waals surface area contributed by atoms with Crippen molar-refractivity contribution in [1.29, 1.82) is 0 Å². The van der Waals surface area contributed by atoms with Crippen molar-refractivity contribution < 1.29 is 58.5 Å². The summed E-state index contributed by atoms with van der Waals surface area (Å²) in [5, 5.41) is 81.3. The fourth-order valence-corrected chi connectivity index (χ4v) is 5.84. The van der Waals surface area contributed by atoms with E-state index in [1.54, 1.807) is 0 Å². The number of hydrogen-bond donors (Lipinski definition) is 8. The molecule has 44 heavy (non-hydrogen) atoms. The lowest BCUT2D eigenvalue weighted by molar-refractivity contribution is 0.393. The summed E-state index contributed by atoms with van der Waals surface area (Å²) in [6.07, 6.45) is 0. The van der Waals surface area contributed by atoms with Gasteiger partial charge in [0, 0.05) is 32.7 Å². The van der Waals surface area contributed by atoms with Crippen LogP contribution in [0, 0.1) is 0 Å². The van der Waals surface area contributed by atoms with Crippen LogP contribution < -0.4 is 22.5 Å². The van der Waals surface area contributed by atoms with Crippen molar-refractivity contribution in [3.8, 4) is 57.1 Å². The summed E-state index contributed by atoms with van der Waals surface area (Å²) < 4.78 is 20.7. The Bertz CT molecular complexity index is 2690. The molecule has 16 heteroatoms. The second-order valence-corrected chi connectivity index (χ2v) is 9.85. The van der Waals surface area contributed by atoms with E-state index in [2.05, 4.69) is 0 Å². The molecule has 0 aliphatic rings. The minimum Gasteiger partial charge on any atom is -0.504 e. The molecule has 16 nitrogen and oxygen atoms in total. The molecule has 8 N–H and O–H groups in total. The van der Waals surface area contributed by atoms with Gasteiger partial charge in [0.15, 0.2) is 45.3 Å². The lowest BCUT2D eigenvalue weighted by Crippen LogP contribution is -2.10. The quantitative estimate of drug-likeness (QED) is 0.0761. The molecule has 4 aromatic heterocycles. The average molecular weight is 602 g/mol. The van der Waals surface area contributed by atoms with Crippen molar-refractivity contribution in [2.45, 2.75) is 0 Å². The van der Waals surface area contributed by atoms with Gasteiger partial charge < -0.3 is 58.5 Å². The first kappa shape index (κ1) is 24.9. The fraction of sp³-hybridized carbons (Fsp3) is 0. The lowest BCUT2D eigenvalue weighted by Gasteiger charge is -2.18. The van der Waals surface area contributed by atoms with E-state index >= 15 is 0 Å². The average Bonchev–Trinajstić information content (AvgIpc) is 2.98. The number of aromatic hydroxyl groups is 8. The summed E-state index contributed by atoms with van der Waals surface area (Å²) in [5.74, 6) is -8.64. The summed E-state index contributed by atoms with van der Waals surface area (Å²) in [6.45, 7) is 0. The summed E-state index contributed by atoms with van der Waals surface area (Å²) in [7, 11) is 0. The summed E-state index contributed by atoms with van der Waals surface area (Å²) in [4.78, 5) is 52.5. The van der Waals surface area contributed by atoms with Gasteiger partial charge in [-0.3, -0.25) is 0 Å². The Labute approximate surface area is 235 Å². The van der Waals surface area contributed by atoms with Crippen LogP contribution in [0.1, 0.15) is 0 Å². The minimum atomic E-state index is -1.42. The molecule has 0 aliphatic heterocycles. The third-order valence-electron chi connectivity index (χ3n) is 7.65. The predicted octanol–water partition coefficient (Wildman–Crippen LogP) is 2.61. The van der Waals surface area contributed by atoms with Gasteiger partial charge in [-0.05, 0) is 12.1 Å². The maximum atomic E-state index is 13.5. The number of benzene rings is 4. The third-order valence-corrected chi connectivity index (χ3v) is 7.65. The number of hydrogen-bond acceptors (Lipinski definition) is 16. The number of phenols is 8. The molecule has 218 valence electrons. The van der Waals surface area contributed by atoms with Crippen LogP contribution in [-0.4, -0.2) is 40.9 Å². The van der Waals surface area contributed by atoms with Crippen molar-refractivity contribution in [2.75, 3.05) is 0 Å². The van der Waals surface area contributed by atoms with E-state index in [1.165, 1.54) is 0 Å². The van der Waals surface area contributed by atoms with E-state index in [-0.39, 0.29) is 10.8 Å². The van der Waals surface area contributed by atoms with E-state index in [1.807, 2.05) is 0 Å². The topological polar surface area (TPSA) is 283 Å². The second kappa shape index (κ2) is 7.51. The second-order valence-electron chi connectivity index (χ2n) is 9.85. The van der Waals surface area contributed by atoms with Crippen LogP contribution in [0.5, 0.6) is 46.0 Å². The Hall–Kier alpha value is -6.84. The zero-order chi connectivity index (χ0) is 31.3. The van der Waals surface area contributed by atoms with E-state index in [0.717, 1.165) is 12.1 Å². The summed E-state index contributed by atoms with van der Waals surface area (Å²) in [5.41, 5.74) is -10.0. The highest BCUT2D eigenvalue weighted by Gasteiger charge is 2.35. The first-order chi connectivity index (χ1) is 20.8. The van der Waals surface area contributed by atoms with Gasteiger partial charge in [-0.15, -0.1) is 0 Å². The smallest absolute Gasteiger partial charge is 0.345 e. The van der Waals surface area contributed by atoms with Gasteiger partial charge in [0.1, 0.15) is 0 Å². The van der Waals surface area contributed by atoms with Gasteiger partial charge in [0.25, 0.3) is 0 Å². The monoisotopic (exact) mass is 602 g/mol. The lowest BCUT2D eigenvalue weighted by atomic mass is 9.89. The molecular weight excluding hydrogens is 592 g/mol. The highest BCUT2D eigenvalue weighted by atomic mass is 16.4. The molecule has 0 bridgehead atoms. The molecule has 8 rings (SSSR count). The van der Waals surface area contributed by atoms with Crippen molar-refractivity contribution in [3.63, 3.8) is 0 Å². The van der Waals surface area contributed by atoms with Crippen LogP contribution in [0.15, 0.2) is 49.0 Å². The van der Waals surface area contributed by atoms with E-state index < -0.39 is 134 Å². The maximum absolute atomic E-state index is 13.5. The van der Waals surface area contributed by atoms with E-state index in [9.17, 15) is 60.0 Å². The number of phenolic OH excluding ortho intramolecular Hbond substituents is 8. The molecule has 0 amide bonds. The Balaban J connectivity index is 1.72. The Morgan fingerprint density at radius 1 is 0.364 bits per heavy atom. The molecule has 4 aromatic carbocycles. The first-order valence-corrected chi connectivity index (χ1v) is 12.1. The van der Waals surface area contributed by atoms with Gasteiger partial charge in [-0.1, -0.05) is 0 Å². The fourth-order valence-electron chi connectivity index (χ4n) is 5.84. The highest BCUT2D eigenvalue weighted by molar-refractivity contribution is 6.30. The van der Waals surface area contributed by atoms with E-state index in [4.69, 9.17) is 17.7 Å². The van der Waals surface area contributed by atoms with Gasteiger partial charge >= 0.3 is 22.5 Å². The predicted molar refractivity (Wildman–Crippen MR) is 147 cm³/mol. The van der Waals surface area contributed by atoms with Crippen LogP contribution in [0.3, 0.4) is 0 Å². The Morgan fingerprint density at radius 2 is 0.682 bits per heavy atom. The van der Waals surface area contributed by atoms with Crippen LogP contribution in [0.2, 0.25) is 0 Å². The SMILES string of the molecule is O=c1oc2c(O)c(O)c(-c3c(O)c(O)c4oc(=O)c5cc(O)c(O)c6oc(=O)c3c4c65)c3c(=O)oc4c(O)c(O)cc1c4c23. The van der Waals surface area contributed by atoms with Crippen molar-refractivity contribution in [1.82, 2.24) is 0 Å². The maximum Gasteiger partial charge on any atom is 0.345 e. The first-order valence-electron chi connectivity index (χ1n) is 12.1. The summed E-state index contributed by atoms with van der Waals surface area (Å²) >= 11 is 0. The standard InChI is InChI=1S/C28H10O16/c29-5-1-3-7-11-13(27(39)43-21(7)15(5)31)9(17(33)19(35)23(11)41-25(3)37)10-14-12-8-4(26(38)42-24(12)20(36)18(10)34)2-6(30)16(32)22(8)44-28(14)40/h1-2,29-36H. The highest BCUT2D eigenvalue weighted by Crippen LogP contribution is 2.56. The van der Waals surface area contributed by atoms with Crippen molar-refractivity contribution >= 4 is 65.4 Å². The Morgan fingerprint density at radius 3 is 1.05 bits per heavy atom. The normalized spacial score (nSPS) is 12.3. The molecular formula is C28H10O16. The van der Waals surface area contributed by atoms with Gasteiger partial charge in [-0.25, -0.2) is 19.2 Å². The largest absolute Gasteiger partial charge is 0.504 e. The number of rotatable bonds is 1. The Kier molecular flexibility index (Phi) is 4.25. The molecule has 0 radical (unpaired) electrons. The molecule has 4 heterocycles. The molecule has 0 saturated heterocycles. The molecule has 0 atom stereocenters. The van der Waals surface area contributed by atoms with Crippen molar-refractivity contribution in [2.24, 2.45) is 0 Å². The molecule has 8 aromatic rings. The van der Waals surface area contributed by atoms with Crippen LogP contribution in [-0.2, 0) is 0 Å². The molecule has 0 unspecified atom stereocenters. The molecule has 0 spiro atoms. The third kappa shape index (κ3) is 2.62. The van der Waals surface area contributed by atoms with Crippen LogP contribution in [0.25, 0.3) is 76.5 Å². The zero-order valence-electron chi connectivity index (χ0n) is 21.0. The van der Waals surface area contributed by atoms with E-state index in [0.29, 0.717) is 0 Å². The minimum absolute atomic E-state index is 0.377. The van der Waals surface area contributed by atoms with Crippen LogP contribution in [0.4, 0.5) is 0 Å². The van der Waals surface area contributed by atoms with Crippen LogP contribution >= 0.6 is 0 Å². The van der Waals surface area contributed by atoms with Crippen molar-refractivity contribution in [3.05, 3.63) is 53.8 Å². The van der Waals surface area contributed by atoms with Gasteiger partial charge in [0.05, 0.1) is 21.5 Å². The summed E-state index contributed by atoms with van der Waals surface area (Å²) in [6, 6.07) is 1.56.